The van der Waals surface area contributed by atoms with Gasteiger partial charge in [0.2, 0.25) is 10.0 Å². The monoisotopic (exact) mass is 302 g/mol. The quantitative estimate of drug-likeness (QED) is 0.748. The average Bonchev–Trinajstić information content (AvgIpc) is 3.14. The van der Waals surface area contributed by atoms with Crippen molar-refractivity contribution < 1.29 is 17.5 Å². The molecule has 5 nitrogen and oxygen atoms in total. The van der Waals surface area contributed by atoms with E-state index < -0.39 is 20.7 Å². The van der Waals surface area contributed by atoms with Crippen LogP contribution in [0.25, 0.3) is 0 Å². The van der Waals surface area contributed by atoms with Crippen LogP contribution in [0.5, 0.6) is 0 Å². The molecular weight excluding hydrogens is 283 g/mol. The maximum atomic E-state index is 13.7. The number of rotatable bonds is 7. The number of sulfonamides is 1. The van der Waals surface area contributed by atoms with E-state index in [9.17, 15) is 12.8 Å². The number of nitrogen functional groups attached to an aromatic ring is 1. The van der Waals surface area contributed by atoms with Gasteiger partial charge in [0.05, 0.1) is 5.69 Å². The van der Waals surface area contributed by atoms with Gasteiger partial charge in [-0.25, -0.2) is 17.5 Å². The Bertz CT molecular complexity index is 565. The van der Waals surface area contributed by atoms with Gasteiger partial charge in [0, 0.05) is 20.3 Å². The molecular formula is C13H19FN2O3S. The molecule has 0 spiro atoms. The van der Waals surface area contributed by atoms with Crippen LogP contribution >= 0.6 is 0 Å². The van der Waals surface area contributed by atoms with Gasteiger partial charge in [0.1, 0.15) is 10.7 Å². The first kappa shape index (κ1) is 15.2. The highest BCUT2D eigenvalue weighted by molar-refractivity contribution is 7.89. The highest BCUT2D eigenvalue weighted by Crippen LogP contribution is 2.48. The topological polar surface area (TPSA) is 81.4 Å². The van der Waals surface area contributed by atoms with E-state index >= 15 is 0 Å². The molecule has 0 aromatic heterocycles. The molecule has 0 radical (unpaired) electrons. The molecule has 112 valence electrons. The van der Waals surface area contributed by atoms with Gasteiger partial charge >= 0.3 is 0 Å². The summed E-state index contributed by atoms with van der Waals surface area (Å²) >= 11 is 0. The van der Waals surface area contributed by atoms with Gasteiger partial charge in [-0.05, 0) is 36.8 Å². The second-order valence-electron chi connectivity index (χ2n) is 5.23. The van der Waals surface area contributed by atoms with E-state index in [4.69, 9.17) is 10.5 Å². The zero-order chi connectivity index (χ0) is 14.8. The van der Waals surface area contributed by atoms with Crippen molar-refractivity contribution in [3.05, 3.63) is 24.0 Å². The fraction of sp³-hybridized carbons (Fsp3) is 0.538. The lowest BCUT2D eigenvalue weighted by Crippen LogP contribution is -2.32. The van der Waals surface area contributed by atoms with Crippen LogP contribution in [0.4, 0.5) is 10.1 Å². The van der Waals surface area contributed by atoms with Crippen LogP contribution < -0.4 is 10.5 Å². The first-order valence-electron chi connectivity index (χ1n) is 6.43. The number of methoxy groups -OCH3 is 1. The van der Waals surface area contributed by atoms with Crippen molar-refractivity contribution in [3.8, 4) is 0 Å². The first-order chi connectivity index (χ1) is 9.40. The van der Waals surface area contributed by atoms with Gasteiger partial charge in [-0.2, -0.15) is 0 Å². The van der Waals surface area contributed by atoms with E-state index in [1.54, 1.807) is 7.11 Å². The normalized spacial score (nSPS) is 17.1. The fourth-order valence-corrected chi connectivity index (χ4v) is 3.48. The number of nitrogens with two attached hydrogens (primary N) is 1. The molecule has 1 aromatic rings. The van der Waals surface area contributed by atoms with Crippen molar-refractivity contribution in [2.75, 3.05) is 26.0 Å². The maximum absolute atomic E-state index is 13.7. The summed E-state index contributed by atoms with van der Waals surface area (Å²) in [5.41, 5.74) is 5.43. The van der Waals surface area contributed by atoms with Gasteiger partial charge in [-0.15, -0.1) is 0 Å². The predicted molar refractivity (Wildman–Crippen MR) is 74.2 cm³/mol. The first-order valence-corrected chi connectivity index (χ1v) is 7.91. The van der Waals surface area contributed by atoms with Crippen LogP contribution in [0, 0.1) is 11.2 Å². The minimum absolute atomic E-state index is 0.0525. The molecule has 0 saturated heterocycles. The number of nitrogens with one attached hydrogen (secondary N) is 1. The van der Waals surface area contributed by atoms with E-state index in [0.717, 1.165) is 25.3 Å². The molecule has 1 aliphatic rings. The number of hydrogen-bond donors (Lipinski definition) is 2. The molecule has 1 saturated carbocycles. The van der Waals surface area contributed by atoms with Crippen LogP contribution in [0.1, 0.15) is 19.3 Å². The SMILES string of the molecule is COCCC1(CNS(=O)(=O)c2c(N)cccc2F)CC1. The molecule has 7 heteroatoms. The third-order valence-electron chi connectivity index (χ3n) is 3.70. The van der Waals surface area contributed by atoms with E-state index in [2.05, 4.69) is 4.72 Å². The van der Waals surface area contributed by atoms with Gasteiger partial charge in [0.15, 0.2) is 0 Å². The number of ether oxygens (including phenoxy) is 1. The van der Waals surface area contributed by atoms with Crippen LogP contribution in [0.15, 0.2) is 23.1 Å². The summed E-state index contributed by atoms with van der Waals surface area (Å²) in [4.78, 5) is -0.470. The number of benzene rings is 1. The predicted octanol–water partition coefficient (Wildman–Crippen LogP) is 1.50. The lowest BCUT2D eigenvalue weighted by Gasteiger charge is -2.16. The van der Waals surface area contributed by atoms with E-state index in [1.165, 1.54) is 12.1 Å². The molecule has 3 N–H and O–H groups in total. The zero-order valence-corrected chi connectivity index (χ0v) is 12.2. The zero-order valence-electron chi connectivity index (χ0n) is 11.4. The molecule has 1 aliphatic carbocycles. The van der Waals surface area contributed by atoms with Crippen molar-refractivity contribution in [2.24, 2.45) is 5.41 Å². The van der Waals surface area contributed by atoms with Gasteiger partial charge in [-0.1, -0.05) is 6.07 Å². The smallest absolute Gasteiger partial charge is 0.245 e. The van der Waals surface area contributed by atoms with Crippen molar-refractivity contribution in [1.82, 2.24) is 4.72 Å². The second-order valence-corrected chi connectivity index (χ2v) is 6.93. The molecule has 0 aliphatic heterocycles. The largest absolute Gasteiger partial charge is 0.398 e. The summed E-state index contributed by atoms with van der Waals surface area (Å²) in [5.74, 6) is -0.834. The standard InChI is InChI=1S/C13H19FN2O3S/c1-19-8-7-13(5-6-13)9-16-20(17,18)12-10(14)3-2-4-11(12)15/h2-4,16H,5-9,15H2,1H3. The molecule has 0 heterocycles. The molecule has 2 rings (SSSR count). The highest BCUT2D eigenvalue weighted by atomic mass is 32.2. The van der Waals surface area contributed by atoms with Crippen molar-refractivity contribution in [1.29, 1.82) is 0 Å². The van der Waals surface area contributed by atoms with Gasteiger partial charge in [0.25, 0.3) is 0 Å². The molecule has 20 heavy (non-hydrogen) atoms. The molecule has 1 fully saturated rings. The van der Waals surface area contributed by atoms with Crippen LogP contribution in [0.2, 0.25) is 0 Å². The minimum atomic E-state index is -3.93. The summed E-state index contributed by atoms with van der Waals surface area (Å²) in [7, 11) is -2.32. The van der Waals surface area contributed by atoms with Crippen molar-refractivity contribution in [2.45, 2.75) is 24.2 Å². The Morgan fingerprint density at radius 2 is 2.15 bits per heavy atom. The molecule has 0 amide bonds. The van der Waals surface area contributed by atoms with Gasteiger partial charge in [-0.3, -0.25) is 0 Å². The number of anilines is 1. The third-order valence-corrected chi connectivity index (χ3v) is 5.19. The Labute approximate surface area is 118 Å². The Balaban J connectivity index is 2.09. The summed E-state index contributed by atoms with van der Waals surface area (Å²) < 4.78 is 45.5. The average molecular weight is 302 g/mol. The summed E-state index contributed by atoms with van der Waals surface area (Å²) in [6.45, 7) is 0.871. The maximum Gasteiger partial charge on any atom is 0.245 e. The van der Waals surface area contributed by atoms with Crippen LogP contribution in [-0.4, -0.2) is 28.7 Å². The third kappa shape index (κ3) is 3.28. The summed E-state index contributed by atoms with van der Waals surface area (Å²) in [6.07, 6.45) is 2.69. The van der Waals surface area contributed by atoms with Gasteiger partial charge < -0.3 is 10.5 Å². The minimum Gasteiger partial charge on any atom is -0.398 e. The summed E-state index contributed by atoms with van der Waals surface area (Å²) in [5, 5.41) is 0. The molecule has 1 aromatic carbocycles. The Kier molecular flexibility index (Phi) is 4.31. The van der Waals surface area contributed by atoms with Crippen LogP contribution in [-0.2, 0) is 14.8 Å². The van der Waals surface area contributed by atoms with E-state index in [-0.39, 0.29) is 17.6 Å². The lowest BCUT2D eigenvalue weighted by atomic mass is 10.0. The van der Waals surface area contributed by atoms with Crippen molar-refractivity contribution in [3.63, 3.8) is 0 Å². The number of halogens is 1. The lowest BCUT2D eigenvalue weighted by molar-refractivity contribution is 0.173. The summed E-state index contributed by atoms with van der Waals surface area (Å²) in [6, 6.07) is 3.84. The Morgan fingerprint density at radius 1 is 1.45 bits per heavy atom. The van der Waals surface area contributed by atoms with E-state index in [0.29, 0.717) is 6.61 Å². The second kappa shape index (κ2) is 5.67. The molecule has 0 atom stereocenters. The Hall–Kier alpha value is -1.18. The Morgan fingerprint density at radius 3 is 2.70 bits per heavy atom. The van der Waals surface area contributed by atoms with Crippen molar-refractivity contribution >= 4 is 15.7 Å². The van der Waals surface area contributed by atoms with E-state index in [1.807, 2.05) is 0 Å². The molecule has 0 unspecified atom stereocenters. The fourth-order valence-electron chi connectivity index (χ4n) is 2.14. The number of hydrogen-bond acceptors (Lipinski definition) is 4. The van der Waals surface area contributed by atoms with Crippen LogP contribution in [0.3, 0.4) is 0 Å². The molecule has 0 bridgehead atoms. The highest BCUT2D eigenvalue weighted by Gasteiger charge is 2.43.